The van der Waals surface area contributed by atoms with Gasteiger partial charge in [0.25, 0.3) is 5.91 Å². The first-order valence-corrected chi connectivity index (χ1v) is 10.9. The van der Waals surface area contributed by atoms with Crippen LogP contribution < -0.4 is 0 Å². The number of hydrogen-bond acceptors (Lipinski definition) is 6. The van der Waals surface area contributed by atoms with Crippen LogP contribution in [0.25, 0.3) is 11.4 Å². The number of thioether (sulfide) groups is 1. The van der Waals surface area contributed by atoms with Crippen molar-refractivity contribution in [2.45, 2.75) is 16.9 Å². The second-order valence-corrected chi connectivity index (χ2v) is 8.73. The van der Waals surface area contributed by atoms with Gasteiger partial charge in [-0.25, -0.2) is 0 Å². The zero-order valence-corrected chi connectivity index (χ0v) is 18.3. The van der Waals surface area contributed by atoms with Crippen molar-refractivity contribution < 1.29 is 22.5 Å². The predicted octanol–water partition coefficient (Wildman–Crippen LogP) is 4.96. The second-order valence-electron chi connectivity index (χ2n) is 7.16. The van der Waals surface area contributed by atoms with E-state index in [1.165, 1.54) is 24.3 Å². The highest BCUT2D eigenvalue weighted by molar-refractivity contribution is 8.00. The molecule has 4 rings (SSSR count). The highest BCUT2D eigenvalue weighted by Crippen LogP contribution is 2.36. The summed E-state index contributed by atoms with van der Waals surface area (Å²) in [5, 5.41) is 4.63. The van der Waals surface area contributed by atoms with E-state index in [-0.39, 0.29) is 22.6 Å². The lowest BCUT2D eigenvalue weighted by Gasteiger charge is -2.34. The normalized spacial score (nSPS) is 15.2. The maximum Gasteiger partial charge on any atom is 0.446 e. The number of amides is 1. The first-order chi connectivity index (χ1) is 15.3. The summed E-state index contributed by atoms with van der Waals surface area (Å²) >= 11 is 5.70. The number of alkyl halides is 3. The molecule has 0 aliphatic carbocycles. The van der Waals surface area contributed by atoms with E-state index in [2.05, 4.69) is 15.0 Å². The van der Waals surface area contributed by atoms with Crippen LogP contribution in [-0.4, -0.2) is 57.5 Å². The van der Waals surface area contributed by atoms with Gasteiger partial charge in [0.15, 0.2) is 0 Å². The molecule has 0 radical (unpaired) electrons. The Kier molecular flexibility index (Phi) is 6.73. The van der Waals surface area contributed by atoms with Gasteiger partial charge in [-0.1, -0.05) is 16.8 Å². The average molecular weight is 483 g/mol. The van der Waals surface area contributed by atoms with Crippen molar-refractivity contribution in [3.63, 3.8) is 0 Å². The zero-order valence-electron chi connectivity index (χ0n) is 16.7. The molecule has 0 N–H and O–H groups in total. The van der Waals surface area contributed by atoms with Crippen LogP contribution >= 0.6 is 23.4 Å². The molecule has 0 spiro atoms. The highest BCUT2D eigenvalue weighted by Gasteiger charge is 2.29. The molecule has 2 aromatic carbocycles. The third-order valence-electron chi connectivity index (χ3n) is 4.92. The fourth-order valence-electron chi connectivity index (χ4n) is 3.32. The van der Waals surface area contributed by atoms with Gasteiger partial charge in [-0.3, -0.25) is 9.69 Å². The number of aromatic nitrogens is 2. The standard InChI is InChI=1S/C21H18ClF3N4O2S/c22-16-5-1-14(2-6-16)19-26-18(31-27-19)13-28-9-11-29(12-10-28)20(30)15-3-7-17(8-4-15)32-21(23,24)25/h1-8H,9-13H2. The van der Waals surface area contributed by atoms with E-state index in [4.69, 9.17) is 16.1 Å². The van der Waals surface area contributed by atoms with Crippen LogP contribution in [0.1, 0.15) is 16.2 Å². The summed E-state index contributed by atoms with van der Waals surface area (Å²) in [6, 6.07) is 12.6. The smallest absolute Gasteiger partial charge is 0.338 e. The fourth-order valence-corrected chi connectivity index (χ4v) is 3.98. The molecular weight excluding hydrogens is 465 g/mol. The van der Waals surface area contributed by atoms with Crippen molar-refractivity contribution in [1.82, 2.24) is 19.9 Å². The van der Waals surface area contributed by atoms with Crippen molar-refractivity contribution in [1.29, 1.82) is 0 Å². The summed E-state index contributed by atoms with van der Waals surface area (Å²) in [6.45, 7) is 2.69. The van der Waals surface area contributed by atoms with Gasteiger partial charge in [-0.2, -0.15) is 18.2 Å². The molecule has 3 aromatic rings. The quantitative estimate of drug-likeness (QED) is 0.479. The molecule has 1 aliphatic rings. The minimum absolute atomic E-state index is 0.0522. The minimum atomic E-state index is -4.35. The van der Waals surface area contributed by atoms with Gasteiger partial charge >= 0.3 is 5.51 Å². The number of benzene rings is 2. The van der Waals surface area contributed by atoms with Gasteiger partial charge in [0.1, 0.15) is 0 Å². The van der Waals surface area contributed by atoms with E-state index in [1.807, 2.05) is 12.1 Å². The lowest BCUT2D eigenvalue weighted by Crippen LogP contribution is -2.48. The van der Waals surface area contributed by atoms with E-state index >= 15 is 0 Å². The maximum absolute atomic E-state index is 12.7. The third kappa shape index (κ3) is 5.81. The first kappa shape index (κ1) is 22.6. The highest BCUT2D eigenvalue weighted by atomic mass is 35.5. The van der Waals surface area contributed by atoms with Crippen LogP contribution in [-0.2, 0) is 6.54 Å². The Morgan fingerprint density at radius 3 is 2.31 bits per heavy atom. The van der Waals surface area contributed by atoms with E-state index in [0.29, 0.717) is 55.0 Å². The molecule has 32 heavy (non-hydrogen) atoms. The molecule has 0 atom stereocenters. The number of piperazine rings is 1. The Bertz CT molecular complexity index is 1070. The van der Waals surface area contributed by atoms with Crippen molar-refractivity contribution in [3.8, 4) is 11.4 Å². The topological polar surface area (TPSA) is 62.5 Å². The Balaban J connectivity index is 1.29. The molecular formula is C21H18ClF3N4O2S. The average Bonchev–Trinajstić information content (AvgIpc) is 3.22. The number of hydrogen-bond donors (Lipinski definition) is 0. The molecule has 1 fully saturated rings. The van der Waals surface area contributed by atoms with Gasteiger partial charge in [-0.05, 0) is 60.3 Å². The molecule has 1 aliphatic heterocycles. The fraction of sp³-hybridized carbons (Fsp3) is 0.286. The van der Waals surface area contributed by atoms with Crippen LogP contribution in [0.15, 0.2) is 57.9 Å². The van der Waals surface area contributed by atoms with Gasteiger partial charge in [-0.15, -0.1) is 0 Å². The second kappa shape index (κ2) is 9.51. The molecule has 2 heterocycles. The summed E-state index contributed by atoms with van der Waals surface area (Å²) in [5.74, 6) is 0.765. The molecule has 168 valence electrons. The van der Waals surface area contributed by atoms with E-state index in [0.717, 1.165) is 5.56 Å². The van der Waals surface area contributed by atoms with E-state index < -0.39 is 5.51 Å². The number of halogens is 4. The monoisotopic (exact) mass is 482 g/mol. The predicted molar refractivity (Wildman–Crippen MR) is 114 cm³/mol. The Labute approximate surface area is 191 Å². The number of carbonyl (C=O) groups excluding carboxylic acids is 1. The molecule has 1 saturated heterocycles. The lowest BCUT2D eigenvalue weighted by atomic mass is 10.2. The lowest BCUT2D eigenvalue weighted by molar-refractivity contribution is -0.0328. The molecule has 0 bridgehead atoms. The van der Waals surface area contributed by atoms with Gasteiger partial charge < -0.3 is 9.42 Å². The number of carbonyl (C=O) groups is 1. The Morgan fingerprint density at radius 2 is 1.69 bits per heavy atom. The molecule has 0 saturated carbocycles. The molecule has 11 heteroatoms. The SMILES string of the molecule is O=C(c1ccc(SC(F)(F)F)cc1)N1CCN(Cc2nc(-c3ccc(Cl)cc3)no2)CC1. The summed E-state index contributed by atoms with van der Waals surface area (Å²) < 4.78 is 42.7. The van der Waals surface area contributed by atoms with Crippen LogP contribution in [0.5, 0.6) is 0 Å². The van der Waals surface area contributed by atoms with E-state index in [1.54, 1.807) is 17.0 Å². The summed E-state index contributed by atoms with van der Waals surface area (Å²) in [4.78, 5) is 20.9. The van der Waals surface area contributed by atoms with Crippen LogP contribution in [0.4, 0.5) is 13.2 Å². The first-order valence-electron chi connectivity index (χ1n) is 9.73. The zero-order chi connectivity index (χ0) is 22.7. The van der Waals surface area contributed by atoms with Gasteiger partial charge in [0.05, 0.1) is 6.54 Å². The van der Waals surface area contributed by atoms with Gasteiger partial charge in [0.2, 0.25) is 11.7 Å². The summed E-state index contributed by atoms with van der Waals surface area (Å²) in [6.07, 6.45) is 0. The minimum Gasteiger partial charge on any atom is -0.338 e. The van der Waals surface area contributed by atoms with Gasteiger partial charge in [0, 0.05) is 47.2 Å². The molecule has 0 unspecified atom stereocenters. The maximum atomic E-state index is 12.7. The Morgan fingerprint density at radius 1 is 1.03 bits per heavy atom. The van der Waals surface area contributed by atoms with Crippen molar-refractivity contribution >= 4 is 29.3 Å². The van der Waals surface area contributed by atoms with Crippen molar-refractivity contribution in [3.05, 3.63) is 65.0 Å². The van der Waals surface area contributed by atoms with E-state index in [9.17, 15) is 18.0 Å². The Hall–Kier alpha value is -2.56. The third-order valence-corrected chi connectivity index (χ3v) is 5.92. The summed E-state index contributed by atoms with van der Waals surface area (Å²) in [7, 11) is 0. The number of rotatable bonds is 5. The van der Waals surface area contributed by atoms with Crippen LogP contribution in [0, 0.1) is 0 Å². The molecule has 1 amide bonds. The summed E-state index contributed by atoms with van der Waals surface area (Å²) in [5.41, 5.74) is -3.18. The largest absolute Gasteiger partial charge is 0.446 e. The van der Waals surface area contributed by atoms with Crippen LogP contribution in [0.2, 0.25) is 5.02 Å². The van der Waals surface area contributed by atoms with Crippen molar-refractivity contribution in [2.24, 2.45) is 0 Å². The number of nitrogens with zero attached hydrogens (tertiary/aromatic N) is 4. The molecule has 1 aromatic heterocycles. The van der Waals surface area contributed by atoms with Crippen LogP contribution in [0.3, 0.4) is 0 Å². The van der Waals surface area contributed by atoms with Crippen molar-refractivity contribution in [2.75, 3.05) is 26.2 Å². The molecule has 6 nitrogen and oxygen atoms in total.